The first kappa shape index (κ1) is 12.7. The predicted molar refractivity (Wildman–Crippen MR) is 67.9 cm³/mol. The predicted octanol–water partition coefficient (Wildman–Crippen LogP) is 2.74. The normalized spacial score (nSPS) is 26.3. The Labute approximate surface area is 103 Å². The van der Waals surface area contributed by atoms with Crippen molar-refractivity contribution in [3.05, 3.63) is 23.7 Å². The van der Waals surface area contributed by atoms with Gasteiger partial charge in [-0.1, -0.05) is 6.92 Å². The molecule has 3 nitrogen and oxygen atoms in total. The van der Waals surface area contributed by atoms with Crippen LogP contribution in [0.15, 0.2) is 16.5 Å². The van der Waals surface area contributed by atoms with Gasteiger partial charge >= 0.3 is 0 Å². The summed E-state index contributed by atoms with van der Waals surface area (Å²) >= 11 is 0. The second kappa shape index (κ2) is 5.69. The standard InChI is InChI=1S/C14H23NO2/c1-11-6-8-15(7-3-9-16)13(10-11)14-5-4-12(2)17-14/h4-5,11,13,16H,3,6-10H2,1-2H3. The summed E-state index contributed by atoms with van der Waals surface area (Å²) in [4.78, 5) is 2.45. The van der Waals surface area contributed by atoms with E-state index in [0.717, 1.165) is 36.9 Å². The second-order valence-corrected chi connectivity index (χ2v) is 5.21. The summed E-state index contributed by atoms with van der Waals surface area (Å²) in [5, 5.41) is 8.96. The van der Waals surface area contributed by atoms with Gasteiger partial charge in [0.1, 0.15) is 11.5 Å². The molecule has 0 aliphatic carbocycles. The Morgan fingerprint density at radius 3 is 2.94 bits per heavy atom. The molecule has 17 heavy (non-hydrogen) atoms. The zero-order chi connectivity index (χ0) is 12.3. The molecule has 1 fully saturated rings. The molecule has 96 valence electrons. The summed E-state index contributed by atoms with van der Waals surface area (Å²) < 4.78 is 5.78. The van der Waals surface area contributed by atoms with Crippen molar-refractivity contribution in [2.75, 3.05) is 19.7 Å². The number of hydrogen-bond acceptors (Lipinski definition) is 3. The Morgan fingerprint density at radius 2 is 2.29 bits per heavy atom. The van der Waals surface area contributed by atoms with Gasteiger partial charge in [0.2, 0.25) is 0 Å². The molecule has 2 atom stereocenters. The smallest absolute Gasteiger partial charge is 0.121 e. The van der Waals surface area contributed by atoms with Crippen LogP contribution >= 0.6 is 0 Å². The van der Waals surface area contributed by atoms with E-state index in [1.165, 1.54) is 12.8 Å². The van der Waals surface area contributed by atoms with Crippen LogP contribution in [0.5, 0.6) is 0 Å². The molecule has 1 aliphatic rings. The van der Waals surface area contributed by atoms with Crippen LogP contribution in [0.2, 0.25) is 0 Å². The van der Waals surface area contributed by atoms with E-state index in [1.54, 1.807) is 0 Å². The molecular weight excluding hydrogens is 214 g/mol. The van der Waals surface area contributed by atoms with Gasteiger partial charge in [-0.3, -0.25) is 4.90 Å². The van der Waals surface area contributed by atoms with E-state index in [9.17, 15) is 0 Å². The fourth-order valence-corrected chi connectivity index (χ4v) is 2.66. The third-order valence-electron chi connectivity index (χ3n) is 3.67. The van der Waals surface area contributed by atoms with Crippen molar-refractivity contribution < 1.29 is 9.52 Å². The number of likely N-dealkylation sites (tertiary alicyclic amines) is 1. The third kappa shape index (κ3) is 3.11. The summed E-state index contributed by atoms with van der Waals surface area (Å²) in [6.07, 6.45) is 3.27. The molecule has 0 bridgehead atoms. The van der Waals surface area contributed by atoms with Crippen LogP contribution in [0.1, 0.15) is 43.7 Å². The molecule has 0 aromatic carbocycles. The fraction of sp³-hybridized carbons (Fsp3) is 0.714. The van der Waals surface area contributed by atoms with E-state index in [2.05, 4.69) is 17.9 Å². The highest BCUT2D eigenvalue weighted by atomic mass is 16.3. The first-order chi connectivity index (χ1) is 8.20. The van der Waals surface area contributed by atoms with Crippen molar-refractivity contribution in [2.45, 2.75) is 39.2 Å². The molecule has 2 unspecified atom stereocenters. The van der Waals surface area contributed by atoms with Crippen LogP contribution in [0.4, 0.5) is 0 Å². The average Bonchev–Trinajstić information content (AvgIpc) is 2.74. The lowest BCUT2D eigenvalue weighted by Crippen LogP contribution is -2.37. The minimum Gasteiger partial charge on any atom is -0.465 e. The van der Waals surface area contributed by atoms with Gasteiger partial charge in [-0.2, -0.15) is 0 Å². The van der Waals surface area contributed by atoms with Gasteiger partial charge in [-0.15, -0.1) is 0 Å². The summed E-state index contributed by atoms with van der Waals surface area (Å²) in [7, 11) is 0. The highest BCUT2D eigenvalue weighted by Gasteiger charge is 2.29. The van der Waals surface area contributed by atoms with Crippen LogP contribution in [0, 0.1) is 12.8 Å². The zero-order valence-electron chi connectivity index (χ0n) is 10.9. The van der Waals surface area contributed by atoms with Crippen LogP contribution in [-0.4, -0.2) is 29.7 Å². The maximum atomic E-state index is 8.96. The van der Waals surface area contributed by atoms with Gasteiger partial charge in [-0.05, 0) is 50.8 Å². The molecule has 3 heteroatoms. The van der Waals surface area contributed by atoms with Crippen molar-refractivity contribution in [1.82, 2.24) is 4.90 Å². The molecule has 0 spiro atoms. The van der Waals surface area contributed by atoms with Gasteiger partial charge in [0.15, 0.2) is 0 Å². The number of aliphatic hydroxyl groups excluding tert-OH is 1. The first-order valence-corrected chi connectivity index (χ1v) is 6.62. The lowest BCUT2D eigenvalue weighted by Gasteiger charge is -2.37. The maximum absolute atomic E-state index is 8.96. The van der Waals surface area contributed by atoms with Crippen molar-refractivity contribution in [1.29, 1.82) is 0 Å². The highest BCUT2D eigenvalue weighted by Crippen LogP contribution is 2.34. The van der Waals surface area contributed by atoms with Crippen LogP contribution in [0.3, 0.4) is 0 Å². The molecule has 2 rings (SSSR count). The van der Waals surface area contributed by atoms with Crippen molar-refractivity contribution >= 4 is 0 Å². The molecule has 1 saturated heterocycles. The molecule has 2 heterocycles. The highest BCUT2D eigenvalue weighted by molar-refractivity contribution is 5.11. The quantitative estimate of drug-likeness (QED) is 0.874. The van der Waals surface area contributed by atoms with E-state index in [4.69, 9.17) is 9.52 Å². The van der Waals surface area contributed by atoms with Crippen LogP contribution in [0.25, 0.3) is 0 Å². The Morgan fingerprint density at radius 1 is 1.47 bits per heavy atom. The summed E-state index contributed by atoms with van der Waals surface area (Å²) in [6, 6.07) is 4.54. The van der Waals surface area contributed by atoms with E-state index < -0.39 is 0 Å². The average molecular weight is 237 g/mol. The number of aryl methyl sites for hydroxylation is 1. The lowest BCUT2D eigenvalue weighted by molar-refractivity contribution is 0.0931. The maximum Gasteiger partial charge on any atom is 0.121 e. The Hall–Kier alpha value is -0.800. The van der Waals surface area contributed by atoms with Gasteiger partial charge in [-0.25, -0.2) is 0 Å². The van der Waals surface area contributed by atoms with Crippen molar-refractivity contribution in [3.8, 4) is 0 Å². The largest absolute Gasteiger partial charge is 0.465 e. The molecule has 1 aromatic heterocycles. The summed E-state index contributed by atoms with van der Waals surface area (Å²) in [5.74, 6) is 2.84. The van der Waals surface area contributed by atoms with E-state index >= 15 is 0 Å². The third-order valence-corrected chi connectivity index (χ3v) is 3.67. The SMILES string of the molecule is Cc1ccc(C2CC(C)CCN2CCCO)o1. The van der Waals surface area contributed by atoms with Crippen molar-refractivity contribution in [3.63, 3.8) is 0 Å². The Kier molecular flexibility index (Phi) is 4.24. The molecule has 0 saturated carbocycles. The van der Waals surface area contributed by atoms with Crippen LogP contribution < -0.4 is 0 Å². The number of hydrogen-bond donors (Lipinski definition) is 1. The lowest BCUT2D eigenvalue weighted by atomic mass is 9.91. The molecular formula is C14H23NO2. The number of rotatable bonds is 4. The van der Waals surface area contributed by atoms with Gasteiger partial charge in [0, 0.05) is 13.2 Å². The number of piperidine rings is 1. The topological polar surface area (TPSA) is 36.6 Å². The monoisotopic (exact) mass is 237 g/mol. The van der Waals surface area contributed by atoms with Crippen molar-refractivity contribution in [2.24, 2.45) is 5.92 Å². The molecule has 0 radical (unpaired) electrons. The van der Waals surface area contributed by atoms with E-state index in [0.29, 0.717) is 6.04 Å². The summed E-state index contributed by atoms with van der Waals surface area (Å²) in [5.41, 5.74) is 0. The van der Waals surface area contributed by atoms with Gasteiger partial charge in [0.25, 0.3) is 0 Å². The number of nitrogens with zero attached hydrogens (tertiary/aromatic N) is 1. The van der Waals surface area contributed by atoms with E-state index in [1.807, 2.05) is 13.0 Å². The van der Waals surface area contributed by atoms with Crippen LogP contribution in [-0.2, 0) is 0 Å². The fourth-order valence-electron chi connectivity index (χ4n) is 2.66. The van der Waals surface area contributed by atoms with Gasteiger partial charge in [0.05, 0.1) is 6.04 Å². The minimum atomic E-state index is 0.274. The Bertz CT molecular complexity index is 346. The summed E-state index contributed by atoms with van der Waals surface area (Å²) in [6.45, 7) is 6.66. The van der Waals surface area contributed by atoms with E-state index in [-0.39, 0.29) is 6.61 Å². The number of furan rings is 1. The molecule has 1 aromatic rings. The molecule has 0 amide bonds. The second-order valence-electron chi connectivity index (χ2n) is 5.21. The first-order valence-electron chi connectivity index (χ1n) is 6.62. The Balaban J connectivity index is 2.08. The number of aliphatic hydroxyl groups is 1. The minimum absolute atomic E-state index is 0.274. The molecule has 1 N–H and O–H groups in total. The zero-order valence-corrected chi connectivity index (χ0v) is 10.9. The van der Waals surface area contributed by atoms with Gasteiger partial charge < -0.3 is 9.52 Å². The molecule has 1 aliphatic heterocycles.